The highest BCUT2D eigenvalue weighted by atomic mass is 16.3. The SMILES string of the molecule is CCn1ccnc1CC(NC)c1cc(C)oc1C. The molecule has 2 aromatic rings. The zero-order chi connectivity index (χ0) is 13.1. The van der Waals surface area contributed by atoms with Gasteiger partial charge < -0.3 is 14.3 Å². The number of aryl methyl sites for hydroxylation is 3. The number of imidazole rings is 1. The van der Waals surface area contributed by atoms with Crippen LogP contribution in [0.25, 0.3) is 0 Å². The summed E-state index contributed by atoms with van der Waals surface area (Å²) in [6, 6.07) is 2.35. The van der Waals surface area contributed by atoms with Crippen LogP contribution in [0.3, 0.4) is 0 Å². The van der Waals surface area contributed by atoms with E-state index in [1.54, 1.807) is 0 Å². The third-order valence-electron chi connectivity index (χ3n) is 3.33. The van der Waals surface area contributed by atoms with Crippen LogP contribution < -0.4 is 5.32 Å². The van der Waals surface area contributed by atoms with E-state index >= 15 is 0 Å². The van der Waals surface area contributed by atoms with Crippen molar-refractivity contribution in [2.75, 3.05) is 7.05 Å². The van der Waals surface area contributed by atoms with Crippen LogP contribution in [0.5, 0.6) is 0 Å². The van der Waals surface area contributed by atoms with E-state index in [9.17, 15) is 0 Å². The van der Waals surface area contributed by atoms with Gasteiger partial charge in [0.25, 0.3) is 0 Å². The lowest BCUT2D eigenvalue weighted by Gasteiger charge is -2.15. The molecule has 2 heterocycles. The molecule has 0 saturated heterocycles. The average molecular weight is 247 g/mol. The first-order chi connectivity index (χ1) is 8.65. The molecule has 1 unspecified atom stereocenters. The standard InChI is InChI=1S/C14H21N3O/c1-5-17-7-6-16-14(17)9-13(15-4)12-8-10(2)18-11(12)3/h6-8,13,15H,5,9H2,1-4H3. The average Bonchev–Trinajstić information content (AvgIpc) is 2.92. The number of furan rings is 1. The van der Waals surface area contributed by atoms with Crippen molar-refractivity contribution in [2.24, 2.45) is 0 Å². The fourth-order valence-electron chi connectivity index (χ4n) is 2.36. The monoisotopic (exact) mass is 247 g/mol. The summed E-state index contributed by atoms with van der Waals surface area (Å²) in [5.41, 5.74) is 1.22. The molecule has 0 spiro atoms. The summed E-state index contributed by atoms with van der Waals surface area (Å²) in [5, 5.41) is 3.35. The maximum absolute atomic E-state index is 5.61. The predicted molar refractivity (Wildman–Crippen MR) is 71.6 cm³/mol. The highest BCUT2D eigenvalue weighted by molar-refractivity contribution is 5.25. The molecular weight excluding hydrogens is 226 g/mol. The normalized spacial score (nSPS) is 12.9. The van der Waals surface area contributed by atoms with Gasteiger partial charge in [0.15, 0.2) is 0 Å². The molecule has 0 aliphatic carbocycles. The fraction of sp³-hybridized carbons (Fsp3) is 0.500. The van der Waals surface area contributed by atoms with Gasteiger partial charge in [-0.15, -0.1) is 0 Å². The molecule has 18 heavy (non-hydrogen) atoms. The van der Waals surface area contributed by atoms with Crippen molar-refractivity contribution in [3.05, 3.63) is 41.4 Å². The summed E-state index contributed by atoms with van der Waals surface area (Å²) in [4.78, 5) is 4.43. The van der Waals surface area contributed by atoms with Crippen LogP contribution >= 0.6 is 0 Å². The fourth-order valence-corrected chi connectivity index (χ4v) is 2.36. The smallest absolute Gasteiger partial charge is 0.110 e. The van der Waals surface area contributed by atoms with E-state index in [-0.39, 0.29) is 6.04 Å². The van der Waals surface area contributed by atoms with Crippen LogP contribution in [0.4, 0.5) is 0 Å². The molecule has 98 valence electrons. The summed E-state index contributed by atoms with van der Waals surface area (Å²) < 4.78 is 7.78. The highest BCUT2D eigenvalue weighted by Gasteiger charge is 2.18. The zero-order valence-corrected chi connectivity index (χ0v) is 11.5. The molecule has 0 bridgehead atoms. The van der Waals surface area contributed by atoms with E-state index in [1.807, 2.05) is 33.3 Å². The number of hydrogen-bond acceptors (Lipinski definition) is 3. The molecule has 2 rings (SSSR count). The van der Waals surface area contributed by atoms with Crippen molar-refractivity contribution in [1.82, 2.24) is 14.9 Å². The van der Waals surface area contributed by atoms with Gasteiger partial charge in [0, 0.05) is 37.0 Å². The van der Waals surface area contributed by atoms with Crippen LogP contribution in [0.15, 0.2) is 22.9 Å². The summed E-state index contributed by atoms with van der Waals surface area (Å²) in [7, 11) is 1.98. The summed E-state index contributed by atoms with van der Waals surface area (Å²) in [6.45, 7) is 7.08. The van der Waals surface area contributed by atoms with E-state index in [4.69, 9.17) is 4.42 Å². The molecule has 0 aromatic carbocycles. The minimum absolute atomic E-state index is 0.246. The maximum atomic E-state index is 5.61. The number of likely N-dealkylation sites (N-methyl/N-ethyl adjacent to an activating group) is 1. The minimum atomic E-state index is 0.246. The second-order valence-electron chi connectivity index (χ2n) is 4.54. The van der Waals surface area contributed by atoms with Gasteiger partial charge in [0.2, 0.25) is 0 Å². The molecule has 0 radical (unpaired) electrons. The van der Waals surface area contributed by atoms with Crippen molar-refractivity contribution < 1.29 is 4.42 Å². The number of nitrogens with one attached hydrogen (secondary N) is 1. The van der Waals surface area contributed by atoms with E-state index in [0.717, 1.165) is 30.3 Å². The summed E-state index contributed by atoms with van der Waals surface area (Å²) in [6.07, 6.45) is 4.76. The van der Waals surface area contributed by atoms with Crippen molar-refractivity contribution in [3.63, 3.8) is 0 Å². The maximum Gasteiger partial charge on any atom is 0.110 e. The Morgan fingerprint density at radius 3 is 2.78 bits per heavy atom. The first-order valence-corrected chi connectivity index (χ1v) is 6.40. The Morgan fingerprint density at radius 1 is 1.44 bits per heavy atom. The Kier molecular flexibility index (Phi) is 3.87. The van der Waals surface area contributed by atoms with Crippen LogP contribution in [-0.4, -0.2) is 16.6 Å². The molecule has 4 nitrogen and oxygen atoms in total. The van der Waals surface area contributed by atoms with E-state index < -0.39 is 0 Å². The molecular formula is C14H21N3O. The van der Waals surface area contributed by atoms with Gasteiger partial charge in [-0.1, -0.05) is 0 Å². The second-order valence-corrected chi connectivity index (χ2v) is 4.54. The molecule has 1 N–H and O–H groups in total. The van der Waals surface area contributed by atoms with Gasteiger partial charge in [-0.25, -0.2) is 4.98 Å². The molecule has 4 heteroatoms. The van der Waals surface area contributed by atoms with Gasteiger partial charge in [-0.05, 0) is 33.9 Å². The van der Waals surface area contributed by atoms with Crippen molar-refractivity contribution in [1.29, 1.82) is 0 Å². The minimum Gasteiger partial charge on any atom is -0.466 e. The topological polar surface area (TPSA) is 43.0 Å². The lowest BCUT2D eigenvalue weighted by Crippen LogP contribution is -2.21. The highest BCUT2D eigenvalue weighted by Crippen LogP contribution is 2.24. The Morgan fingerprint density at radius 2 is 2.22 bits per heavy atom. The first-order valence-electron chi connectivity index (χ1n) is 6.40. The molecule has 1 atom stereocenters. The predicted octanol–water partition coefficient (Wildman–Crippen LogP) is 2.62. The molecule has 0 fully saturated rings. The van der Waals surface area contributed by atoms with E-state index in [2.05, 4.69) is 27.9 Å². The van der Waals surface area contributed by atoms with Gasteiger partial charge in [-0.3, -0.25) is 0 Å². The van der Waals surface area contributed by atoms with Gasteiger partial charge in [0.1, 0.15) is 17.3 Å². The van der Waals surface area contributed by atoms with Crippen LogP contribution in [-0.2, 0) is 13.0 Å². The van der Waals surface area contributed by atoms with Crippen molar-refractivity contribution in [3.8, 4) is 0 Å². The zero-order valence-electron chi connectivity index (χ0n) is 11.5. The number of nitrogens with zero attached hydrogens (tertiary/aromatic N) is 2. The van der Waals surface area contributed by atoms with Gasteiger partial charge in [-0.2, -0.15) is 0 Å². The van der Waals surface area contributed by atoms with Gasteiger partial charge >= 0.3 is 0 Å². The van der Waals surface area contributed by atoms with Crippen LogP contribution in [0.1, 0.15) is 35.9 Å². The quantitative estimate of drug-likeness (QED) is 0.883. The lowest BCUT2D eigenvalue weighted by atomic mass is 10.0. The molecule has 0 aliphatic heterocycles. The second kappa shape index (κ2) is 5.40. The molecule has 0 saturated carbocycles. The molecule has 0 amide bonds. The first kappa shape index (κ1) is 12.9. The molecule has 2 aromatic heterocycles. The van der Waals surface area contributed by atoms with Crippen LogP contribution in [0, 0.1) is 13.8 Å². The Labute approximate surface area is 108 Å². The Bertz CT molecular complexity index is 513. The summed E-state index contributed by atoms with van der Waals surface area (Å²) >= 11 is 0. The third kappa shape index (κ3) is 2.48. The third-order valence-corrected chi connectivity index (χ3v) is 3.33. The van der Waals surface area contributed by atoms with Crippen molar-refractivity contribution >= 4 is 0 Å². The van der Waals surface area contributed by atoms with Crippen LogP contribution in [0.2, 0.25) is 0 Å². The number of aromatic nitrogens is 2. The Balaban J connectivity index is 2.22. The largest absolute Gasteiger partial charge is 0.466 e. The van der Waals surface area contributed by atoms with E-state index in [0.29, 0.717) is 0 Å². The number of hydrogen-bond donors (Lipinski definition) is 1. The molecule has 0 aliphatic rings. The Hall–Kier alpha value is -1.55. The van der Waals surface area contributed by atoms with Gasteiger partial charge in [0.05, 0.1) is 0 Å². The number of rotatable bonds is 5. The lowest BCUT2D eigenvalue weighted by molar-refractivity contribution is 0.486. The summed E-state index contributed by atoms with van der Waals surface area (Å²) in [5.74, 6) is 3.05. The van der Waals surface area contributed by atoms with E-state index in [1.165, 1.54) is 5.56 Å². The van der Waals surface area contributed by atoms with Crippen molar-refractivity contribution in [2.45, 2.75) is 39.8 Å².